The van der Waals surface area contributed by atoms with Gasteiger partial charge in [0.25, 0.3) is 5.91 Å². The van der Waals surface area contributed by atoms with Gasteiger partial charge in [-0.2, -0.15) is 0 Å². The molecule has 0 spiro atoms. The van der Waals surface area contributed by atoms with Gasteiger partial charge in [-0.25, -0.2) is 4.98 Å². The van der Waals surface area contributed by atoms with Gasteiger partial charge in [0.2, 0.25) is 0 Å². The molecule has 4 nitrogen and oxygen atoms in total. The van der Waals surface area contributed by atoms with Crippen LogP contribution in [-0.2, 0) is 0 Å². The number of thiazole rings is 1. The molecule has 2 heterocycles. The first-order chi connectivity index (χ1) is 9.05. The standard InChI is InChI=1S/C15H24N2O2S/c1-9(2)12-16-10(3)11(20-12)13(18)17-7-14(4,5)15(6,19)8-17/h9,19H,7-8H2,1-6H3. The minimum atomic E-state index is -0.845. The number of amides is 1. The van der Waals surface area contributed by atoms with Crippen LogP contribution in [0.25, 0.3) is 0 Å². The van der Waals surface area contributed by atoms with Gasteiger partial charge in [0, 0.05) is 17.9 Å². The van der Waals surface area contributed by atoms with Crippen LogP contribution in [-0.4, -0.2) is 39.6 Å². The van der Waals surface area contributed by atoms with Gasteiger partial charge >= 0.3 is 0 Å². The smallest absolute Gasteiger partial charge is 0.265 e. The van der Waals surface area contributed by atoms with E-state index in [1.54, 1.807) is 11.8 Å². The fraction of sp³-hybridized carbons (Fsp3) is 0.733. The van der Waals surface area contributed by atoms with E-state index in [1.165, 1.54) is 11.3 Å². The van der Waals surface area contributed by atoms with Crippen molar-refractivity contribution < 1.29 is 9.90 Å². The molecule has 5 heteroatoms. The maximum atomic E-state index is 12.7. The molecule has 1 aliphatic rings. The van der Waals surface area contributed by atoms with E-state index in [2.05, 4.69) is 18.8 Å². The lowest BCUT2D eigenvalue weighted by atomic mass is 9.79. The number of hydrogen-bond acceptors (Lipinski definition) is 4. The summed E-state index contributed by atoms with van der Waals surface area (Å²) < 4.78 is 0. The lowest BCUT2D eigenvalue weighted by molar-refractivity contribution is -0.0108. The van der Waals surface area contributed by atoms with Crippen LogP contribution in [0, 0.1) is 12.3 Å². The lowest BCUT2D eigenvalue weighted by Gasteiger charge is -2.30. The molecule has 0 bridgehead atoms. The summed E-state index contributed by atoms with van der Waals surface area (Å²) in [5.74, 6) is 0.330. The van der Waals surface area contributed by atoms with Crippen molar-refractivity contribution >= 4 is 17.2 Å². The summed E-state index contributed by atoms with van der Waals surface area (Å²) in [6.07, 6.45) is 0. The molecule has 1 aromatic heterocycles. The van der Waals surface area contributed by atoms with E-state index in [9.17, 15) is 9.90 Å². The number of carbonyl (C=O) groups is 1. The van der Waals surface area contributed by atoms with E-state index in [0.717, 1.165) is 10.7 Å². The van der Waals surface area contributed by atoms with E-state index in [4.69, 9.17) is 0 Å². The van der Waals surface area contributed by atoms with Crippen molar-refractivity contribution in [2.24, 2.45) is 5.41 Å². The Labute approximate surface area is 124 Å². The first-order valence-corrected chi connectivity index (χ1v) is 7.86. The maximum absolute atomic E-state index is 12.7. The molecule has 0 radical (unpaired) electrons. The minimum absolute atomic E-state index is 0.00208. The van der Waals surface area contributed by atoms with Crippen LogP contribution in [0.1, 0.15) is 60.9 Å². The third kappa shape index (κ3) is 2.49. The summed E-state index contributed by atoms with van der Waals surface area (Å²) in [6.45, 7) is 12.8. The summed E-state index contributed by atoms with van der Waals surface area (Å²) in [5, 5.41) is 11.4. The second kappa shape index (κ2) is 4.81. The molecule has 112 valence electrons. The van der Waals surface area contributed by atoms with Crippen molar-refractivity contribution in [3.8, 4) is 0 Å². The molecule has 0 saturated carbocycles. The van der Waals surface area contributed by atoms with Gasteiger partial charge in [-0.15, -0.1) is 11.3 Å². The van der Waals surface area contributed by atoms with Crippen LogP contribution in [0.5, 0.6) is 0 Å². The van der Waals surface area contributed by atoms with Gasteiger partial charge in [0.05, 0.1) is 22.8 Å². The third-order valence-electron chi connectivity index (χ3n) is 4.33. The van der Waals surface area contributed by atoms with Crippen LogP contribution in [0.3, 0.4) is 0 Å². The van der Waals surface area contributed by atoms with Crippen molar-refractivity contribution in [2.75, 3.05) is 13.1 Å². The fourth-order valence-electron chi connectivity index (χ4n) is 2.44. The number of rotatable bonds is 2. The molecule has 0 aromatic carbocycles. The van der Waals surface area contributed by atoms with E-state index in [1.807, 2.05) is 20.8 Å². The quantitative estimate of drug-likeness (QED) is 0.913. The van der Waals surface area contributed by atoms with Crippen LogP contribution in [0.4, 0.5) is 0 Å². The number of carbonyl (C=O) groups excluding carboxylic acids is 1. The third-order valence-corrected chi connectivity index (χ3v) is 5.78. The largest absolute Gasteiger partial charge is 0.388 e. The SMILES string of the molecule is Cc1nc(C(C)C)sc1C(=O)N1CC(C)(C)C(C)(O)C1. The number of aromatic nitrogens is 1. The summed E-state index contributed by atoms with van der Waals surface area (Å²) in [6, 6.07) is 0. The summed E-state index contributed by atoms with van der Waals surface area (Å²) in [5.41, 5.74) is -0.336. The Morgan fingerprint density at radius 1 is 1.35 bits per heavy atom. The van der Waals surface area contributed by atoms with Gasteiger partial charge in [0.15, 0.2) is 0 Å². The molecule has 1 atom stereocenters. The summed E-state index contributed by atoms with van der Waals surface area (Å²) in [7, 11) is 0. The van der Waals surface area contributed by atoms with Gasteiger partial charge in [-0.3, -0.25) is 4.79 Å². The highest BCUT2D eigenvalue weighted by molar-refractivity contribution is 7.13. The second-order valence-corrected chi connectivity index (χ2v) is 7.97. The van der Waals surface area contributed by atoms with Crippen molar-refractivity contribution in [3.05, 3.63) is 15.6 Å². The van der Waals surface area contributed by atoms with E-state index in [-0.39, 0.29) is 11.3 Å². The maximum Gasteiger partial charge on any atom is 0.265 e. The van der Waals surface area contributed by atoms with Gasteiger partial charge in [0.1, 0.15) is 4.88 Å². The van der Waals surface area contributed by atoms with Crippen LogP contribution in [0.2, 0.25) is 0 Å². The van der Waals surface area contributed by atoms with Crippen molar-refractivity contribution in [1.82, 2.24) is 9.88 Å². The van der Waals surface area contributed by atoms with Crippen LogP contribution >= 0.6 is 11.3 Å². The highest BCUT2D eigenvalue weighted by atomic mass is 32.1. The van der Waals surface area contributed by atoms with E-state index >= 15 is 0 Å². The number of aryl methyl sites for hydroxylation is 1. The molecule has 1 saturated heterocycles. The number of β-amino-alcohol motifs (C(OH)–C–C–N with tert-alkyl or cyclic N) is 1. The van der Waals surface area contributed by atoms with Gasteiger partial charge < -0.3 is 10.0 Å². The predicted octanol–water partition coefficient (Wildman–Crippen LogP) is 2.81. The minimum Gasteiger partial charge on any atom is -0.388 e. The molecule has 1 N–H and O–H groups in total. The molecule has 20 heavy (non-hydrogen) atoms. The first-order valence-electron chi connectivity index (χ1n) is 7.04. The zero-order valence-corrected chi connectivity index (χ0v) is 14.0. The fourth-order valence-corrected chi connectivity index (χ4v) is 3.48. The monoisotopic (exact) mass is 296 g/mol. The lowest BCUT2D eigenvalue weighted by Crippen LogP contribution is -2.40. The topological polar surface area (TPSA) is 53.4 Å². The van der Waals surface area contributed by atoms with Crippen LogP contribution in [0.15, 0.2) is 0 Å². The number of likely N-dealkylation sites (tertiary alicyclic amines) is 1. The average Bonchev–Trinajstić information content (AvgIpc) is 2.77. The Bertz CT molecular complexity index is 516. The highest BCUT2D eigenvalue weighted by Crippen LogP contribution is 2.39. The summed E-state index contributed by atoms with van der Waals surface area (Å²) in [4.78, 5) is 19.6. The zero-order chi connectivity index (χ0) is 15.3. The second-order valence-electron chi connectivity index (χ2n) is 6.94. The Morgan fingerprint density at radius 2 is 1.95 bits per heavy atom. The number of nitrogens with zero attached hydrogens (tertiary/aromatic N) is 2. The molecule has 0 aliphatic carbocycles. The average molecular weight is 296 g/mol. The molecule has 1 amide bonds. The Morgan fingerprint density at radius 3 is 2.35 bits per heavy atom. The number of hydrogen-bond donors (Lipinski definition) is 1. The van der Waals surface area contributed by atoms with Crippen molar-refractivity contribution in [2.45, 2.75) is 53.1 Å². The molecule has 1 fully saturated rings. The summed E-state index contributed by atoms with van der Waals surface area (Å²) >= 11 is 1.48. The Hall–Kier alpha value is -0.940. The molecular formula is C15H24N2O2S. The molecule has 2 rings (SSSR count). The molecular weight excluding hydrogens is 272 g/mol. The first kappa shape index (κ1) is 15.4. The molecule has 1 unspecified atom stereocenters. The highest BCUT2D eigenvalue weighted by Gasteiger charge is 2.49. The van der Waals surface area contributed by atoms with Crippen molar-refractivity contribution in [1.29, 1.82) is 0 Å². The number of aliphatic hydroxyl groups is 1. The van der Waals surface area contributed by atoms with Gasteiger partial charge in [-0.05, 0) is 13.8 Å². The Balaban J connectivity index is 2.26. The molecule has 1 aromatic rings. The van der Waals surface area contributed by atoms with Crippen LogP contribution < -0.4 is 0 Å². The molecule has 1 aliphatic heterocycles. The normalized spacial score (nSPS) is 25.5. The Kier molecular flexibility index (Phi) is 3.71. The van der Waals surface area contributed by atoms with Crippen molar-refractivity contribution in [3.63, 3.8) is 0 Å². The predicted molar refractivity (Wildman–Crippen MR) is 81.2 cm³/mol. The van der Waals surface area contributed by atoms with E-state index in [0.29, 0.717) is 23.9 Å². The zero-order valence-electron chi connectivity index (χ0n) is 13.1. The van der Waals surface area contributed by atoms with E-state index < -0.39 is 5.60 Å². The van der Waals surface area contributed by atoms with Gasteiger partial charge in [-0.1, -0.05) is 27.7 Å².